The van der Waals surface area contributed by atoms with E-state index in [1.165, 1.54) is 51.3 Å². The number of guanidine groups is 1. The number of nitrogens with one attached hydrogen (secondary N) is 2. The predicted molar refractivity (Wildman–Crippen MR) is 109 cm³/mol. The maximum absolute atomic E-state index is 13.4. The zero-order valence-electron chi connectivity index (χ0n) is 16.8. The lowest BCUT2D eigenvalue weighted by Gasteiger charge is -2.50. The number of benzene rings is 1. The van der Waals surface area contributed by atoms with Crippen molar-refractivity contribution in [3.05, 3.63) is 35.6 Å². The molecule has 2 heterocycles. The average molecular weight is 376 g/mol. The molecule has 3 rings (SSSR count). The fraction of sp³-hybridized carbons (Fsp3) is 0.667. The molecular formula is C21H34FN5. The van der Waals surface area contributed by atoms with Crippen LogP contribution in [0.5, 0.6) is 0 Å². The molecule has 0 radical (unpaired) electrons. The van der Waals surface area contributed by atoms with Gasteiger partial charge in [-0.1, -0.05) is 18.6 Å². The van der Waals surface area contributed by atoms with Crippen LogP contribution in [-0.2, 0) is 6.54 Å². The number of halogens is 1. The molecule has 0 spiro atoms. The van der Waals surface area contributed by atoms with Gasteiger partial charge in [0.15, 0.2) is 5.96 Å². The van der Waals surface area contributed by atoms with Gasteiger partial charge in [0.05, 0.1) is 0 Å². The van der Waals surface area contributed by atoms with Gasteiger partial charge in [-0.25, -0.2) is 4.39 Å². The smallest absolute Gasteiger partial charge is 0.191 e. The van der Waals surface area contributed by atoms with Gasteiger partial charge in [0.2, 0.25) is 0 Å². The van der Waals surface area contributed by atoms with E-state index < -0.39 is 0 Å². The lowest BCUT2D eigenvalue weighted by atomic mass is 9.84. The molecule has 0 unspecified atom stereocenters. The average Bonchev–Trinajstić information content (AvgIpc) is 2.70. The first-order chi connectivity index (χ1) is 13.1. The molecule has 0 aromatic heterocycles. The fourth-order valence-electron chi connectivity index (χ4n) is 4.31. The molecule has 5 nitrogen and oxygen atoms in total. The summed E-state index contributed by atoms with van der Waals surface area (Å²) in [6.07, 6.45) is 6.36. The lowest BCUT2D eigenvalue weighted by molar-refractivity contribution is 0.0173. The minimum absolute atomic E-state index is 0.201. The molecule has 0 atom stereocenters. The SMILES string of the molecule is CN=C(NCc1cccc(F)c1)NCC1(N2CCCCC2)CCN(C)CC1. The van der Waals surface area contributed by atoms with Gasteiger partial charge < -0.3 is 15.5 Å². The van der Waals surface area contributed by atoms with E-state index in [1.54, 1.807) is 19.2 Å². The maximum atomic E-state index is 13.4. The molecule has 150 valence electrons. The highest BCUT2D eigenvalue weighted by molar-refractivity contribution is 5.79. The monoisotopic (exact) mass is 375 g/mol. The predicted octanol–water partition coefficient (Wildman–Crippen LogP) is 2.44. The number of likely N-dealkylation sites (tertiary alicyclic amines) is 2. The molecule has 2 saturated heterocycles. The number of piperidine rings is 2. The van der Waals surface area contributed by atoms with E-state index in [0.29, 0.717) is 6.54 Å². The third-order valence-electron chi connectivity index (χ3n) is 6.10. The Bertz CT molecular complexity index is 619. The van der Waals surface area contributed by atoms with Gasteiger partial charge >= 0.3 is 0 Å². The van der Waals surface area contributed by atoms with Crippen molar-refractivity contribution in [3.8, 4) is 0 Å². The molecule has 2 aliphatic heterocycles. The Hall–Kier alpha value is -1.66. The van der Waals surface area contributed by atoms with Crippen molar-refractivity contribution in [2.24, 2.45) is 4.99 Å². The molecule has 0 amide bonds. The van der Waals surface area contributed by atoms with Crippen molar-refractivity contribution in [1.82, 2.24) is 20.4 Å². The van der Waals surface area contributed by atoms with Gasteiger partial charge in [0.25, 0.3) is 0 Å². The Morgan fingerprint density at radius 1 is 1.11 bits per heavy atom. The number of rotatable bonds is 5. The standard InChI is InChI=1S/C21H34FN5/c1-23-20(24-16-18-7-6-8-19(22)15-18)25-17-21(9-13-26(2)14-10-21)27-11-4-3-5-12-27/h6-8,15H,3-5,9-14,16-17H2,1-2H3,(H2,23,24,25). The van der Waals surface area contributed by atoms with E-state index in [0.717, 1.165) is 31.2 Å². The summed E-state index contributed by atoms with van der Waals surface area (Å²) in [5.41, 5.74) is 1.13. The maximum Gasteiger partial charge on any atom is 0.191 e. The van der Waals surface area contributed by atoms with Gasteiger partial charge in [-0.05, 0) is 76.6 Å². The van der Waals surface area contributed by atoms with Crippen molar-refractivity contribution >= 4 is 5.96 Å². The number of aliphatic imine (C=N–C) groups is 1. The van der Waals surface area contributed by atoms with Crippen LogP contribution in [0.1, 0.15) is 37.7 Å². The summed E-state index contributed by atoms with van der Waals surface area (Å²) < 4.78 is 13.4. The first-order valence-electron chi connectivity index (χ1n) is 10.2. The summed E-state index contributed by atoms with van der Waals surface area (Å²) in [7, 11) is 4.01. The molecule has 27 heavy (non-hydrogen) atoms. The van der Waals surface area contributed by atoms with E-state index in [-0.39, 0.29) is 11.4 Å². The van der Waals surface area contributed by atoms with Crippen LogP contribution >= 0.6 is 0 Å². The first-order valence-corrected chi connectivity index (χ1v) is 10.2. The van der Waals surface area contributed by atoms with E-state index in [9.17, 15) is 4.39 Å². The van der Waals surface area contributed by atoms with Gasteiger partial charge in [-0.3, -0.25) is 9.89 Å². The highest BCUT2D eigenvalue weighted by Crippen LogP contribution is 2.30. The van der Waals surface area contributed by atoms with E-state index in [4.69, 9.17) is 0 Å². The molecule has 2 aliphatic rings. The normalized spacial score (nSPS) is 21.8. The molecule has 1 aromatic carbocycles. The van der Waals surface area contributed by atoms with Crippen LogP contribution < -0.4 is 10.6 Å². The zero-order chi connectivity index (χ0) is 19.1. The Balaban J connectivity index is 1.59. The van der Waals surface area contributed by atoms with Crippen LogP contribution in [0, 0.1) is 5.82 Å². The molecule has 0 saturated carbocycles. The van der Waals surface area contributed by atoms with Gasteiger partial charge in [0, 0.05) is 25.7 Å². The summed E-state index contributed by atoms with van der Waals surface area (Å²) in [5.74, 6) is 0.585. The Morgan fingerprint density at radius 3 is 2.52 bits per heavy atom. The van der Waals surface area contributed by atoms with Crippen LogP contribution in [-0.4, -0.2) is 68.1 Å². The molecule has 2 fully saturated rings. The zero-order valence-corrected chi connectivity index (χ0v) is 16.8. The quantitative estimate of drug-likeness (QED) is 0.613. The largest absolute Gasteiger partial charge is 0.355 e. The molecule has 2 N–H and O–H groups in total. The lowest BCUT2D eigenvalue weighted by Crippen LogP contribution is -2.62. The van der Waals surface area contributed by atoms with Crippen LogP contribution in [0.2, 0.25) is 0 Å². The van der Waals surface area contributed by atoms with Crippen LogP contribution in [0.3, 0.4) is 0 Å². The summed E-state index contributed by atoms with van der Waals surface area (Å²) >= 11 is 0. The van der Waals surface area contributed by atoms with Gasteiger partial charge in [-0.2, -0.15) is 0 Å². The van der Waals surface area contributed by atoms with E-state index in [1.807, 2.05) is 6.07 Å². The van der Waals surface area contributed by atoms with Crippen LogP contribution in [0.4, 0.5) is 4.39 Å². The second kappa shape index (κ2) is 9.51. The first kappa shape index (κ1) is 20.1. The van der Waals surface area contributed by atoms with Crippen molar-refractivity contribution < 1.29 is 4.39 Å². The van der Waals surface area contributed by atoms with Crippen LogP contribution in [0.15, 0.2) is 29.3 Å². The van der Waals surface area contributed by atoms with Crippen molar-refractivity contribution in [2.45, 2.75) is 44.2 Å². The number of nitrogens with zero attached hydrogens (tertiary/aromatic N) is 3. The highest BCUT2D eigenvalue weighted by atomic mass is 19.1. The second-order valence-corrected chi connectivity index (χ2v) is 7.98. The van der Waals surface area contributed by atoms with Crippen molar-refractivity contribution in [3.63, 3.8) is 0 Å². The molecule has 6 heteroatoms. The Kier molecular flexibility index (Phi) is 7.07. The second-order valence-electron chi connectivity index (χ2n) is 7.98. The molecule has 0 bridgehead atoms. The molecular weight excluding hydrogens is 341 g/mol. The van der Waals surface area contributed by atoms with Crippen LogP contribution in [0.25, 0.3) is 0 Å². The number of hydrogen-bond donors (Lipinski definition) is 2. The Morgan fingerprint density at radius 2 is 1.85 bits per heavy atom. The topological polar surface area (TPSA) is 42.9 Å². The molecule has 1 aromatic rings. The third-order valence-corrected chi connectivity index (χ3v) is 6.10. The summed E-state index contributed by atoms with van der Waals surface area (Å²) in [4.78, 5) is 9.52. The van der Waals surface area contributed by atoms with Gasteiger partial charge in [0.1, 0.15) is 5.82 Å². The summed E-state index contributed by atoms with van der Waals surface area (Å²) in [5, 5.41) is 6.89. The minimum atomic E-state index is -0.201. The van der Waals surface area contributed by atoms with Gasteiger partial charge in [-0.15, -0.1) is 0 Å². The Labute approximate surface area is 163 Å². The van der Waals surface area contributed by atoms with E-state index in [2.05, 4.69) is 32.5 Å². The number of hydrogen-bond acceptors (Lipinski definition) is 3. The summed E-state index contributed by atoms with van der Waals surface area (Å²) in [6, 6.07) is 6.70. The third kappa shape index (κ3) is 5.42. The molecule has 0 aliphatic carbocycles. The van der Waals surface area contributed by atoms with Crippen molar-refractivity contribution in [1.29, 1.82) is 0 Å². The minimum Gasteiger partial charge on any atom is -0.355 e. The van der Waals surface area contributed by atoms with E-state index >= 15 is 0 Å². The summed E-state index contributed by atoms with van der Waals surface area (Å²) in [6.45, 7) is 6.18. The fourth-order valence-corrected chi connectivity index (χ4v) is 4.31. The van der Waals surface area contributed by atoms with Crippen molar-refractivity contribution in [2.75, 3.05) is 46.8 Å². The highest BCUT2D eigenvalue weighted by Gasteiger charge is 2.39.